The summed E-state index contributed by atoms with van der Waals surface area (Å²) in [6.45, 7) is 2.13. The van der Waals surface area contributed by atoms with Crippen LogP contribution in [0.15, 0.2) is 18.2 Å². The summed E-state index contributed by atoms with van der Waals surface area (Å²) in [5.74, 6) is 0.643. The van der Waals surface area contributed by atoms with E-state index in [2.05, 4.69) is 29.5 Å². The number of phenolic OH excluding ortho intramolecular Hbond substituents is 1. The van der Waals surface area contributed by atoms with Crippen LogP contribution in [0.1, 0.15) is 18.4 Å². The van der Waals surface area contributed by atoms with Gasteiger partial charge < -0.3 is 5.11 Å². The van der Waals surface area contributed by atoms with Crippen molar-refractivity contribution in [3.05, 3.63) is 28.8 Å². The van der Waals surface area contributed by atoms with Crippen LogP contribution >= 0.6 is 34.2 Å². The highest BCUT2D eigenvalue weighted by molar-refractivity contribution is 14.1. The maximum atomic E-state index is 9.16. The average molecular weight is 297 g/mol. The van der Waals surface area contributed by atoms with Crippen molar-refractivity contribution in [1.29, 1.82) is 0 Å². The van der Waals surface area contributed by atoms with Crippen molar-refractivity contribution < 1.29 is 5.11 Å². The molecular weight excluding hydrogens is 286 g/mol. The summed E-state index contributed by atoms with van der Waals surface area (Å²) in [4.78, 5) is 0. The van der Waals surface area contributed by atoms with Crippen LogP contribution in [-0.4, -0.2) is 9.53 Å². The van der Waals surface area contributed by atoms with E-state index in [9.17, 15) is 0 Å². The van der Waals surface area contributed by atoms with Gasteiger partial charge in [0.1, 0.15) is 5.75 Å². The molecule has 1 N–H and O–H groups in total. The molecule has 0 aliphatic carbocycles. The fourth-order valence-electron chi connectivity index (χ4n) is 0.919. The van der Waals surface area contributed by atoms with Crippen molar-refractivity contribution in [2.45, 2.75) is 12.8 Å². The van der Waals surface area contributed by atoms with E-state index < -0.39 is 0 Å². The maximum Gasteiger partial charge on any atom is 0.134 e. The lowest BCUT2D eigenvalue weighted by atomic mass is 10.0. The van der Waals surface area contributed by atoms with Crippen molar-refractivity contribution in [1.82, 2.24) is 0 Å². The molecule has 3 heteroatoms. The van der Waals surface area contributed by atoms with Crippen LogP contribution in [0.25, 0.3) is 0 Å². The van der Waals surface area contributed by atoms with Gasteiger partial charge in [0, 0.05) is 4.43 Å². The standard InChI is InChI=1S/C9H10ClIO/c1-6(5-11)7-2-3-9(12)8(10)4-7/h2-4,6,12H,5H2,1H3. The second kappa shape index (κ2) is 4.33. The van der Waals surface area contributed by atoms with E-state index in [4.69, 9.17) is 16.7 Å². The van der Waals surface area contributed by atoms with E-state index in [0.29, 0.717) is 10.9 Å². The Morgan fingerprint density at radius 1 is 1.58 bits per heavy atom. The third-order valence-electron chi connectivity index (χ3n) is 1.77. The van der Waals surface area contributed by atoms with Crippen LogP contribution in [-0.2, 0) is 0 Å². The van der Waals surface area contributed by atoms with E-state index in [0.717, 1.165) is 4.43 Å². The van der Waals surface area contributed by atoms with E-state index in [1.807, 2.05) is 12.1 Å². The number of aromatic hydroxyl groups is 1. The molecule has 1 aromatic carbocycles. The minimum absolute atomic E-state index is 0.154. The summed E-state index contributed by atoms with van der Waals surface area (Å²) in [5.41, 5.74) is 1.17. The molecule has 0 aromatic heterocycles. The molecule has 0 bridgehead atoms. The molecule has 0 spiro atoms. The maximum absolute atomic E-state index is 9.16. The number of alkyl halides is 1. The van der Waals surface area contributed by atoms with Crippen molar-refractivity contribution in [2.75, 3.05) is 4.43 Å². The molecule has 66 valence electrons. The van der Waals surface area contributed by atoms with Crippen LogP contribution in [0.5, 0.6) is 5.75 Å². The molecule has 1 aromatic rings. The number of phenols is 1. The monoisotopic (exact) mass is 296 g/mol. The lowest BCUT2D eigenvalue weighted by Gasteiger charge is -2.08. The fraction of sp³-hybridized carbons (Fsp3) is 0.333. The summed E-state index contributed by atoms with van der Waals surface area (Å²) >= 11 is 8.09. The highest BCUT2D eigenvalue weighted by atomic mass is 127. The van der Waals surface area contributed by atoms with Gasteiger partial charge in [-0.25, -0.2) is 0 Å². The van der Waals surface area contributed by atoms with E-state index in [1.165, 1.54) is 5.56 Å². The SMILES string of the molecule is CC(CI)c1ccc(O)c(Cl)c1. The van der Waals surface area contributed by atoms with Crippen LogP contribution in [0.4, 0.5) is 0 Å². The second-order valence-corrected chi connectivity index (χ2v) is 4.05. The number of benzene rings is 1. The Kier molecular flexibility index (Phi) is 3.65. The quantitative estimate of drug-likeness (QED) is 0.653. The Hall–Kier alpha value is 0.0400. The first-order chi connectivity index (χ1) is 5.65. The van der Waals surface area contributed by atoms with Gasteiger partial charge >= 0.3 is 0 Å². The minimum Gasteiger partial charge on any atom is -0.506 e. The molecule has 1 atom stereocenters. The number of hydrogen-bond acceptors (Lipinski definition) is 1. The largest absolute Gasteiger partial charge is 0.506 e. The van der Waals surface area contributed by atoms with Gasteiger partial charge in [0.25, 0.3) is 0 Å². The highest BCUT2D eigenvalue weighted by Gasteiger charge is 2.05. The zero-order chi connectivity index (χ0) is 9.14. The van der Waals surface area contributed by atoms with Crippen molar-refractivity contribution in [3.8, 4) is 5.75 Å². The predicted molar refractivity (Wildman–Crippen MR) is 60.4 cm³/mol. The van der Waals surface area contributed by atoms with Gasteiger partial charge in [0.05, 0.1) is 5.02 Å². The normalized spacial score (nSPS) is 12.9. The summed E-state index contributed by atoms with van der Waals surface area (Å²) < 4.78 is 1.05. The van der Waals surface area contributed by atoms with Crippen LogP contribution in [0.3, 0.4) is 0 Å². The molecule has 0 fully saturated rings. The highest BCUT2D eigenvalue weighted by Crippen LogP contribution is 2.27. The van der Waals surface area contributed by atoms with Crippen LogP contribution in [0.2, 0.25) is 5.02 Å². The molecule has 0 aliphatic rings. The Balaban J connectivity index is 2.96. The first-order valence-corrected chi connectivity index (χ1v) is 5.60. The average Bonchev–Trinajstić information content (AvgIpc) is 2.08. The Morgan fingerprint density at radius 3 is 2.75 bits per heavy atom. The van der Waals surface area contributed by atoms with Gasteiger partial charge in [-0.1, -0.05) is 47.2 Å². The molecule has 0 radical (unpaired) electrons. The molecular formula is C9H10ClIO. The molecule has 1 nitrogen and oxygen atoms in total. The van der Waals surface area contributed by atoms with Gasteiger partial charge in [-0.15, -0.1) is 0 Å². The molecule has 1 rings (SSSR count). The molecule has 12 heavy (non-hydrogen) atoms. The molecule has 0 saturated carbocycles. The zero-order valence-electron chi connectivity index (χ0n) is 6.72. The lowest BCUT2D eigenvalue weighted by molar-refractivity contribution is 0.475. The molecule has 1 unspecified atom stereocenters. The molecule has 0 aliphatic heterocycles. The van der Waals surface area contributed by atoms with Crippen molar-refractivity contribution >= 4 is 34.2 Å². The van der Waals surface area contributed by atoms with Gasteiger partial charge in [-0.2, -0.15) is 0 Å². The lowest BCUT2D eigenvalue weighted by Crippen LogP contribution is -1.93. The summed E-state index contributed by atoms with van der Waals surface area (Å²) in [7, 11) is 0. The first kappa shape index (κ1) is 10.1. The van der Waals surface area contributed by atoms with Crippen molar-refractivity contribution in [3.63, 3.8) is 0 Å². The third kappa shape index (κ3) is 2.26. The smallest absolute Gasteiger partial charge is 0.134 e. The van der Waals surface area contributed by atoms with Crippen LogP contribution < -0.4 is 0 Å². The summed E-state index contributed by atoms with van der Waals surface area (Å²) in [5, 5.41) is 9.60. The predicted octanol–water partition coefficient (Wildman–Crippen LogP) is 3.58. The fourth-order valence-corrected chi connectivity index (χ4v) is 1.62. The number of rotatable bonds is 2. The van der Waals surface area contributed by atoms with E-state index in [1.54, 1.807) is 6.07 Å². The van der Waals surface area contributed by atoms with Gasteiger partial charge in [-0.05, 0) is 23.6 Å². The van der Waals surface area contributed by atoms with E-state index >= 15 is 0 Å². The number of halogens is 2. The Morgan fingerprint density at radius 2 is 2.25 bits per heavy atom. The molecule has 0 saturated heterocycles. The van der Waals surface area contributed by atoms with Gasteiger partial charge in [0.2, 0.25) is 0 Å². The molecule has 0 amide bonds. The van der Waals surface area contributed by atoms with Crippen molar-refractivity contribution in [2.24, 2.45) is 0 Å². The topological polar surface area (TPSA) is 20.2 Å². The van der Waals surface area contributed by atoms with Crippen LogP contribution in [0, 0.1) is 0 Å². The minimum atomic E-state index is 0.154. The Labute approximate surface area is 90.9 Å². The Bertz CT molecular complexity index is 275. The molecule has 0 heterocycles. The third-order valence-corrected chi connectivity index (χ3v) is 3.40. The second-order valence-electron chi connectivity index (χ2n) is 2.77. The summed E-state index contributed by atoms with van der Waals surface area (Å²) in [6.07, 6.45) is 0. The summed E-state index contributed by atoms with van der Waals surface area (Å²) in [6, 6.07) is 5.37. The number of hydrogen-bond donors (Lipinski definition) is 1. The zero-order valence-corrected chi connectivity index (χ0v) is 9.63. The van der Waals surface area contributed by atoms with Gasteiger partial charge in [-0.3, -0.25) is 0 Å². The van der Waals surface area contributed by atoms with E-state index in [-0.39, 0.29) is 5.75 Å². The van der Waals surface area contributed by atoms with Gasteiger partial charge in [0.15, 0.2) is 0 Å². The first-order valence-electron chi connectivity index (χ1n) is 3.69.